The molecule has 0 saturated carbocycles. The standard InChI is InChI=1S/C19H15N3O3S/c1-24-15-8-6-14(7-9-15)21-19-22-18(23)17(26-19)12-13-4-2-3-5-16(13)25-11-10-20/h2-9,12H,11H2,1H3,(H,21,22,23)/b17-12-. The van der Waals surface area contributed by atoms with Gasteiger partial charge in [-0.3, -0.25) is 4.79 Å². The van der Waals surface area contributed by atoms with Crippen LogP contribution in [-0.2, 0) is 4.79 Å². The number of benzene rings is 2. The fraction of sp³-hybridized carbons (Fsp3) is 0.105. The first-order valence-corrected chi connectivity index (χ1v) is 8.53. The van der Waals surface area contributed by atoms with Gasteiger partial charge in [0, 0.05) is 5.56 Å². The smallest absolute Gasteiger partial charge is 0.264 e. The highest BCUT2D eigenvalue weighted by Crippen LogP contribution is 2.30. The van der Waals surface area contributed by atoms with Crippen LogP contribution in [0.25, 0.3) is 6.08 Å². The number of ether oxygens (including phenoxy) is 2. The highest BCUT2D eigenvalue weighted by atomic mass is 32.2. The van der Waals surface area contributed by atoms with E-state index in [0.29, 0.717) is 21.5 Å². The van der Waals surface area contributed by atoms with E-state index in [1.807, 2.05) is 36.4 Å². The average molecular weight is 365 g/mol. The van der Waals surface area contributed by atoms with Crippen molar-refractivity contribution in [1.29, 1.82) is 5.26 Å². The van der Waals surface area contributed by atoms with Crippen molar-refractivity contribution in [1.82, 2.24) is 5.32 Å². The largest absolute Gasteiger partial charge is 0.497 e. The highest BCUT2D eigenvalue weighted by Gasteiger charge is 2.24. The van der Waals surface area contributed by atoms with Gasteiger partial charge in [0.05, 0.1) is 17.7 Å². The number of methoxy groups -OCH3 is 1. The third-order valence-electron chi connectivity index (χ3n) is 3.45. The number of para-hydroxylation sites is 1. The molecule has 1 aliphatic heterocycles. The number of nitrogens with zero attached hydrogens (tertiary/aromatic N) is 2. The molecular formula is C19H15N3O3S. The lowest BCUT2D eigenvalue weighted by molar-refractivity contribution is -0.115. The Kier molecular flexibility index (Phi) is 5.56. The summed E-state index contributed by atoms with van der Waals surface area (Å²) in [4.78, 5) is 17.1. The summed E-state index contributed by atoms with van der Waals surface area (Å²) in [5.41, 5.74) is 1.44. The van der Waals surface area contributed by atoms with E-state index < -0.39 is 0 Å². The Morgan fingerprint density at radius 3 is 2.73 bits per heavy atom. The third kappa shape index (κ3) is 4.23. The van der Waals surface area contributed by atoms with Crippen LogP contribution in [0.2, 0.25) is 0 Å². The molecule has 0 atom stereocenters. The van der Waals surface area contributed by atoms with Crippen LogP contribution in [0.5, 0.6) is 11.5 Å². The molecular weight excluding hydrogens is 350 g/mol. The van der Waals surface area contributed by atoms with Crippen LogP contribution in [0.4, 0.5) is 5.69 Å². The normalized spacial score (nSPS) is 16.4. The Bertz CT molecular complexity index is 914. The highest BCUT2D eigenvalue weighted by molar-refractivity contribution is 8.18. The first-order chi connectivity index (χ1) is 12.7. The van der Waals surface area contributed by atoms with Gasteiger partial charge in [0.2, 0.25) is 0 Å². The van der Waals surface area contributed by atoms with Gasteiger partial charge in [-0.2, -0.15) is 5.26 Å². The Balaban J connectivity index is 1.80. The molecule has 2 aromatic rings. The van der Waals surface area contributed by atoms with Gasteiger partial charge >= 0.3 is 0 Å². The Morgan fingerprint density at radius 1 is 1.23 bits per heavy atom. The van der Waals surface area contributed by atoms with Gasteiger partial charge in [-0.15, -0.1) is 0 Å². The van der Waals surface area contributed by atoms with Crippen molar-refractivity contribution in [3.05, 3.63) is 59.0 Å². The summed E-state index contributed by atoms with van der Waals surface area (Å²) in [5, 5.41) is 11.9. The topological polar surface area (TPSA) is 83.7 Å². The third-order valence-corrected chi connectivity index (χ3v) is 4.36. The molecule has 0 aliphatic carbocycles. The predicted octanol–water partition coefficient (Wildman–Crippen LogP) is 3.49. The van der Waals surface area contributed by atoms with Crippen LogP contribution in [-0.4, -0.2) is 24.8 Å². The molecule has 0 radical (unpaired) electrons. The number of nitrogens with one attached hydrogen (secondary N) is 1. The number of hydrogen-bond acceptors (Lipinski definition) is 6. The van der Waals surface area contributed by atoms with E-state index in [2.05, 4.69) is 10.3 Å². The quantitative estimate of drug-likeness (QED) is 0.820. The van der Waals surface area contributed by atoms with Crippen molar-refractivity contribution in [3.63, 3.8) is 0 Å². The first-order valence-electron chi connectivity index (χ1n) is 7.72. The molecule has 1 saturated heterocycles. The van der Waals surface area contributed by atoms with Crippen LogP contribution in [0.15, 0.2) is 58.4 Å². The summed E-state index contributed by atoms with van der Waals surface area (Å²) in [6.45, 7) is -0.0519. The van der Waals surface area contributed by atoms with Crippen molar-refractivity contribution in [2.24, 2.45) is 4.99 Å². The molecule has 0 aromatic heterocycles. The van der Waals surface area contributed by atoms with Crippen LogP contribution in [0.3, 0.4) is 0 Å². The molecule has 26 heavy (non-hydrogen) atoms. The van der Waals surface area contributed by atoms with Gasteiger partial charge in [0.25, 0.3) is 5.91 Å². The molecule has 1 heterocycles. The number of carbonyl (C=O) groups excluding carboxylic acids is 1. The zero-order chi connectivity index (χ0) is 18.4. The fourth-order valence-corrected chi connectivity index (χ4v) is 3.07. The molecule has 1 aliphatic rings. The molecule has 1 amide bonds. The summed E-state index contributed by atoms with van der Waals surface area (Å²) in [5.74, 6) is 1.07. The number of amidine groups is 1. The van der Waals surface area contributed by atoms with Crippen LogP contribution in [0, 0.1) is 11.3 Å². The molecule has 0 unspecified atom stereocenters. The summed E-state index contributed by atoms with van der Waals surface area (Å²) >= 11 is 1.25. The van der Waals surface area contributed by atoms with Crippen molar-refractivity contribution in [2.45, 2.75) is 0 Å². The Labute approximate surface area is 155 Å². The van der Waals surface area contributed by atoms with Crippen molar-refractivity contribution in [2.75, 3.05) is 13.7 Å². The van der Waals surface area contributed by atoms with Gasteiger partial charge < -0.3 is 14.8 Å². The minimum Gasteiger partial charge on any atom is -0.497 e. The summed E-state index contributed by atoms with van der Waals surface area (Å²) in [6, 6.07) is 16.4. The molecule has 3 rings (SSSR count). The molecule has 6 nitrogen and oxygen atoms in total. The van der Waals surface area contributed by atoms with Gasteiger partial charge in [-0.05, 0) is 48.2 Å². The van der Waals surface area contributed by atoms with Crippen LogP contribution >= 0.6 is 11.8 Å². The first kappa shape index (κ1) is 17.6. The van der Waals surface area contributed by atoms with Crippen LogP contribution < -0.4 is 14.8 Å². The predicted molar refractivity (Wildman–Crippen MR) is 101 cm³/mol. The van der Waals surface area contributed by atoms with Crippen molar-refractivity contribution < 1.29 is 14.3 Å². The van der Waals surface area contributed by atoms with E-state index >= 15 is 0 Å². The van der Waals surface area contributed by atoms with Crippen LogP contribution in [0.1, 0.15) is 5.56 Å². The summed E-state index contributed by atoms with van der Waals surface area (Å²) in [7, 11) is 1.60. The monoisotopic (exact) mass is 365 g/mol. The van der Waals surface area contributed by atoms with Crippen molar-refractivity contribution >= 4 is 34.6 Å². The van der Waals surface area contributed by atoms with E-state index in [4.69, 9.17) is 14.7 Å². The van der Waals surface area contributed by atoms with Gasteiger partial charge in [-0.25, -0.2) is 4.99 Å². The zero-order valence-corrected chi connectivity index (χ0v) is 14.7. The maximum absolute atomic E-state index is 12.2. The van der Waals surface area contributed by atoms with E-state index in [0.717, 1.165) is 11.3 Å². The number of amides is 1. The van der Waals surface area contributed by atoms with Gasteiger partial charge in [0.1, 0.15) is 17.6 Å². The molecule has 1 N–H and O–H groups in total. The summed E-state index contributed by atoms with van der Waals surface area (Å²) < 4.78 is 10.5. The number of aliphatic imine (C=N–C) groups is 1. The minimum atomic E-state index is -0.225. The molecule has 0 bridgehead atoms. The molecule has 130 valence electrons. The second kappa shape index (κ2) is 8.23. The molecule has 7 heteroatoms. The Hall–Kier alpha value is -3.24. The van der Waals surface area contributed by atoms with Crippen molar-refractivity contribution in [3.8, 4) is 17.6 Å². The fourth-order valence-electron chi connectivity index (χ4n) is 2.24. The van der Waals surface area contributed by atoms with Gasteiger partial charge in [0.15, 0.2) is 11.8 Å². The second-order valence-electron chi connectivity index (χ2n) is 5.16. The number of rotatable bonds is 5. The van der Waals surface area contributed by atoms with E-state index in [9.17, 15) is 4.79 Å². The molecule has 0 spiro atoms. The minimum absolute atomic E-state index is 0.0519. The average Bonchev–Trinajstić information content (AvgIpc) is 3.00. The number of carbonyl (C=O) groups is 1. The molecule has 1 fully saturated rings. The van der Waals surface area contributed by atoms with E-state index in [1.165, 1.54) is 11.8 Å². The molecule has 2 aromatic carbocycles. The lowest BCUT2D eigenvalue weighted by atomic mass is 10.2. The van der Waals surface area contributed by atoms with E-state index in [1.54, 1.807) is 31.4 Å². The zero-order valence-electron chi connectivity index (χ0n) is 13.9. The SMILES string of the molecule is COc1ccc(N=C2NC(=O)/C(=C/c3ccccc3OCC#N)S2)cc1. The number of hydrogen-bond donors (Lipinski definition) is 1. The number of nitriles is 1. The maximum Gasteiger partial charge on any atom is 0.264 e. The maximum atomic E-state index is 12.2. The van der Waals surface area contributed by atoms with E-state index in [-0.39, 0.29) is 12.5 Å². The lowest BCUT2D eigenvalue weighted by Gasteiger charge is -2.05. The second-order valence-corrected chi connectivity index (χ2v) is 6.20. The lowest BCUT2D eigenvalue weighted by Crippen LogP contribution is -2.19. The Morgan fingerprint density at radius 2 is 2.00 bits per heavy atom. The number of thioether (sulfide) groups is 1. The van der Waals surface area contributed by atoms with Gasteiger partial charge in [-0.1, -0.05) is 18.2 Å². The summed E-state index contributed by atoms with van der Waals surface area (Å²) in [6.07, 6.45) is 1.73.